The van der Waals surface area contributed by atoms with Crippen LogP contribution in [0, 0.1) is 5.82 Å². The fourth-order valence-electron chi connectivity index (χ4n) is 4.51. The number of halogens is 2. The second-order valence-electron chi connectivity index (χ2n) is 9.22. The first-order valence-electron chi connectivity index (χ1n) is 12.9. The van der Waals surface area contributed by atoms with Crippen LogP contribution in [0.3, 0.4) is 0 Å². The summed E-state index contributed by atoms with van der Waals surface area (Å²) < 4.78 is 66.4. The predicted molar refractivity (Wildman–Crippen MR) is 153 cm³/mol. The lowest BCUT2D eigenvalue weighted by Gasteiger charge is -2.29. The van der Waals surface area contributed by atoms with Crippen LogP contribution in [-0.4, -0.2) is 81.2 Å². The Hall–Kier alpha value is -4.17. The van der Waals surface area contributed by atoms with Crippen LogP contribution >= 0.6 is 0 Å². The highest BCUT2D eigenvalue weighted by molar-refractivity contribution is 7.92. The van der Waals surface area contributed by atoms with Crippen LogP contribution in [0.25, 0.3) is 33.4 Å². The molecule has 1 aliphatic rings. The van der Waals surface area contributed by atoms with Gasteiger partial charge in [0.25, 0.3) is 0 Å². The maximum atomic E-state index is 15.7. The standard InChI is InChI=1S/C27H29F2N7O4S/c1-30-27-31-15-18(16-32-27)25-33-24-20(26(34-25)36-8-10-40-11-9-36)13-17(14-22(24)39-2)19-5-3-6-21(23(19)29)35-41(37,38)12-4-7-28/h3,5-6,13-16,35H,4,7-12H2,1-2H3,(H,30,31,32). The van der Waals surface area contributed by atoms with Gasteiger partial charge in [0.2, 0.25) is 16.0 Å². The zero-order valence-corrected chi connectivity index (χ0v) is 23.3. The number of fused-ring (bicyclic) bond motifs is 1. The summed E-state index contributed by atoms with van der Waals surface area (Å²) in [7, 11) is -0.716. The molecule has 2 aromatic carbocycles. The lowest BCUT2D eigenvalue weighted by Crippen LogP contribution is -2.37. The van der Waals surface area contributed by atoms with E-state index in [4.69, 9.17) is 19.4 Å². The predicted octanol–water partition coefficient (Wildman–Crippen LogP) is 3.88. The van der Waals surface area contributed by atoms with Gasteiger partial charge in [-0.1, -0.05) is 12.1 Å². The van der Waals surface area contributed by atoms with E-state index in [9.17, 15) is 12.8 Å². The van der Waals surface area contributed by atoms with Gasteiger partial charge in [0.05, 0.1) is 44.0 Å². The Morgan fingerprint density at radius 2 is 1.85 bits per heavy atom. The molecule has 216 valence electrons. The third-order valence-corrected chi connectivity index (χ3v) is 7.89. The average molecular weight is 586 g/mol. The van der Waals surface area contributed by atoms with Gasteiger partial charge in [-0.15, -0.1) is 0 Å². The molecule has 14 heteroatoms. The number of nitrogens with zero attached hydrogens (tertiary/aromatic N) is 5. The summed E-state index contributed by atoms with van der Waals surface area (Å²) in [6.07, 6.45) is 3.06. The van der Waals surface area contributed by atoms with E-state index >= 15 is 4.39 Å². The zero-order valence-electron chi connectivity index (χ0n) is 22.5. The van der Waals surface area contributed by atoms with E-state index in [1.165, 1.54) is 13.2 Å². The molecule has 0 aliphatic carbocycles. The number of sulfonamides is 1. The highest BCUT2D eigenvalue weighted by Gasteiger charge is 2.23. The number of rotatable bonds is 10. The number of alkyl halides is 1. The summed E-state index contributed by atoms with van der Waals surface area (Å²) in [4.78, 5) is 20.2. The molecule has 2 N–H and O–H groups in total. The maximum absolute atomic E-state index is 15.7. The van der Waals surface area contributed by atoms with Crippen molar-refractivity contribution in [2.24, 2.45) is 0 Å². The van der Waals surface area contributed by atoms with E-state index < -0.39 is 28.3 Å². The fraction of sp³-hybridized carbons (Fsp3) is 0.333. The summed E-state index contributed by atoms with van der Waals surface area (Å²) >= 11 is 0. The number of hydrogen-bond acceptors (Lipinski definition) is 10. The van der Waals surface area contributed by atoms with Crippen molar-refractivity contribution in [3.63, 3.8) is 0 Å². The minimum atomic E-state index is -3.93. The Morgan fingerprint density at radius 1 is 1.10 bits per heavy atom. The summed E-state index contributed by atoms with van der Waals surface area (Å²) in [6, 6.07) is 7.80. The molecule has 41 heavy (non-hydrogen) atoms. The van der Waals surface area contributed by atoms with E-state index in [1.807, 2.05) is 0 Å². The molecule has 1 fully saturated rings. The average Bonchev–Trinajstić information content (AvgIpc) is 3.00. The molecule has 1 saturated heterocycles. The number of anilines is 3. The lowest BCUT2D eigenvalue weighted by atomic mass is 10.0. The van der Waals surface area contributed by atoms with Crippen LogP contribution in [0.2, 0.25) is 0 Å². The van der Waals surface area contributed by atoms with Gasteiger partial charge in [-0.2, -0.15) is 0 Å². The minimum Gasteiger partial charge on any atom is -0.494 e. The third kappa shape index (κ3) is 6.12. The molecule has 0 atom stereocenters. The largest absolute Gasteiger partial charge is 0.494 e. The van der Waals surface area contributed by atoms with Crippen LogP contribution in [0.1, 0.15) is 6.42 Å². The van der Waals surface area contributed by atoms with Crippen molar-refractivity contribution in [2.75, 3.05) is 67.8 Å². The first-order chi connectivity index (χ1) is 19.8. The molecule has 3 heterocycles. The number of ether oxygens (including phenoxy) is 2. The van der Waals surface area contributed by atoms with Crippen molar-refractivity contribution in [1.29, 1.82) is 0 Å². The molecular formula is C27H29F2N7O4S. The number of morpholine rings is 1. The Balaban J connectivity index is 1.66. The second kappa shape index (κ2) is 12.1. The summed E-state index contributed by atoms with van der Waals surface area (Å²) in [5.41, 5.74) is 1.45. The monoisotopic (exact) mass is 585 g/mol. The molecule has 2 aromatic heterocycles. The minimum absolute atomic E-state index is 0.143. The highest BCUT2D eigenvalue weighted by Crippen LogP contribution is 2.39. The van der Waals surface area contributed by atoms with Gasteiger partial charge < -0.3 is 19.7 Å². The molecule has 11 nitrogen and oxygen atoms in total. The normalized spacial score (nSPS) is 13.8. The van der Waals surface area contributed by atoms with E-state index in [0.717, 1.165) is 0 Å². The van der Waals surface area contributed by atoms with Gasteiger partial charge in [0, 0.05) is 43.5 Å². The smallest absolute Gasteiger partial charge is 0.232 e. The second-order valence-corrected chi connectivity index (χ2v) is 11.1. The van der Waals surface area contributed by atoms with Crippen LogP contribution in [0.4, 0.5) is 26.2 Å². The molecule has 5 rings (SSSR count). The Morgan fingerprint density at radius 3 is 2.54 bits per heavy atom. The van der Waals surface area contributed by atoms with Crippen LogP contribution in [0.15, 0.2) is 42.7 Å². The summed E-state index contributed by atoms with van der Waals surface area (Å²) in [6.45, 7) is 1.40. The van der Waals surface area contributed by atoms with Gasteiger partial charge in [-0.05, 0) is 30.2 Å². The molecule has 0 spiro atoms. The van der Waals surface area contributed by atoms with E-state index in [0.29, 0.717) is 71.7 Å². The van der Waals surface area contributed by atoms with Gasteiger partial charge in [-0.3, -0.25) is 9.11 Å². The molecule has 0 radical (unpaired) electrons. The quantitative estimate of drug-likeness (QED) is 0.283. The molecule has 4 aromatic rings. The Kier molecular flexibility index (Phi) is 8.40. The van der Waals surface area contributed by atoms with Gasteiger partial charge in [-0.25, -0.2) is 32.7 Å². The van der Waals surface area contributed by atoms with Crippen LogP contribution < -0.4 is 19.7 Å². The SMILES string of the molecule is CNc1ncc(-c2nc(N3CCOCC3)c3cc(-c4cccc(NS(=O)(=O)CCCF)c4F)cc(OC)c3n2)cn1. The van der Waals surface area contributed by atoms with Crippen molar-refractivity contribution in [2.45, 2.75) is 6.42 Å². The molecule has 1 aliphatic heterocycles. The van der Waals surface area contributed by atoms with E-state index in [2.05, 4.69) is 24.9 Å². The van der Waals surface area contributed by atoms with Crippen molar-refractivity contribution >= 4 is 38.4 Å². The third-order valence-electron chi connectivity index (χ3n) is 6.53. The number of methoxy groups -OCH3 is 1. The number of nitrogens with one attached hydrogen (secondary N) is 2. The highest BCUT2D eigenvalue weighted by atomic mass is 32.2. The molecule has 0 amide bonds. The van der Waals surface area contributed by atoms with Crippen molar-refractivity contribution in [3.05, 3.63) is 48.5 Å². The van der Waals surface area contributed by atoms with Crippen molar-refractivity contribution in [1.82, 2.24) is 19.9 Å². The Labute approximate surface area is 236 Å². The molecule has 0 bridgehead atoms. The summed E-state index contributed by atoms with van der Waals surface area (Å²) in [5, 5.41) is 3.50. The zero-order chi connectivity index (χ0) is 29.0. The summed E-state index contributed by atoms with van der Waals surface area (Å²) in [5.74, 6) is 0.599. The van der Waals surface area contributed by atoms with Gasteiger partial charge in [0.15, 0.2) is 11.6 Å². The fourth-order valence-corrected chi connectivity index (χ4v) is 5.59. The topological polar surface area (TPSA) is 131 Å². The number of hydrogen-bond donors (Lipinski definition) is 2. The number of aromatic nitrogens is 4. The van der Waals surface area contributed by atoms with Gasteiger partial charge >= 0.3 is 0 Å². The van der Waals surface area contributed by atoms with Crippen molar-refractivity contribution < 1.29 is 26.7 Å². The maximum Gasteiger partial charge on any atom is 0.232 e. The van der Waals surface area contributed by atoms with E-state index in [-0.39, 0.29) is 17.7 Å². The molecule has 0 saturated carbocycles. The first-order valence-corrected chi connectivity index (χ1v) is 14.6. The van der Waals surface area contributed by atoms with E-state index in [1.54, 1.807) is 43.7 Å². The first kappa shape index (κ1) is 28.4. The van der Waals surface area contributed by atoms with Gasteiger partial charge in [0.1, 0.15) is 17.1 Å². The number of benzene rings is 2. The molecule has 0 unspecified atom stereocenters. The molecular weight excluding hydrogens is 556 g/mol. The van der Waals surface area contributed by atoms with Crippen LogP contribution in [0.5, 0.6) is 5.75 Å². The lowest BCUT2D eigenvalue weighted by molar-refractivity contribution is 0.122. The Bertz CT molecular complexity index is 1650. The van der Waals surface area contributed by atoms with Crippen LogP contribution in [-0.2, 0) is 14.8 Å². The van der Waals surface area contributed by atoms with Crippen molar-refractivity contribution in [3.8, 4) is 28.3 Å².